The highest BCUT2D eigenvalue weighted by atomic mass is 79.9. The summed E-state index contributed by atoms with van der Waals surface area (Å²) in [5.74, 6) is -2.21. The summed E-state index contributed by atoms with van der Waals surface area (Å²) in [5, 5.41) is 9.06. The third-order valence-electron chi connectivity index (χ3n) is 2.78. The first kappa shape index (κ1) is 14.0. The van der Waals surface area contributed by atoms with Crippen LogP contribution >= 0.6 is 15.9 Å². The summed E-state index contributed by atoms with van der Waals surface area (Å²) in [6, 6.07) is 2.73. The second-order valence-electron chi connectivity index (χ2n) is 4.09. The summed E-state index contributed by atoms with van der Waals surface area (Å²) in [5.41, 5.74) is 0.111. The van der Waals surface area contributed by atoms with Gasteiger partial charge in [0.15, 0.2) is 6.04 Å². The predicted octanol–water partition coefficient (Wildman–Crippen LogP) is 1.51. The molecule has 0 radical (unpaired) electrons. The molecule has 2 rings (SSSR count). The average molecular weight is 332 g/mol. The van der Waals surface area contributed by atoms with Crippen LogP contribution in [0.2, 0.25) is 0 Å². The van der Waals surface area contributed by atoms with Crippen LogP contribution in [-0.2, 0) is 9.53 Å². The van der Waals surface area contributed by atoms with Crippen molar-refractivity contribution in [3.05, 3.63) is 34.1 Å². The molecule has 7 heteroatoms. The second kappa shape index (κ2) is 5.66. The van der Waals surface area contributed by atoms with Gasteiger partial charge in [-0.25, -0.2) is 9.18 Å². The Hall–Kier alpha value is -1.47. The van der Waals surface area contributed by atoms with E-state index >= 15 is 0 Å². The van der Waals surface area contributed by atoms with Gasteiger partial charge in [-0.05, 0) is 18.2 Å². The number of nitrogens with zero attached hydrogens (tertiary/aromatic N) is 1. The summed E-state index contributed by atoms with van der Waals surface area (Å²) in [6.45, 7) is 0.382. The number of aliphatic carboxylic acids is 1. The number of hydrogen-bond acceptors (Lipinski definition) is 3. The van der Waals surface area contributed by atoms with Crippen molar-refractivity contribution in [2.24, 2.45) is 0 Å². The zero-order chi connectivity index (χ0) is 14.0. The molecule has 1 heterocycles. The monoisotopic (exact) mass is 331 g/mol. The van der Waals surface area contributed by atoms with Crippen molar-refractivity contribution in [2.75, 3.05) is 19.8 Å². The number of carboxylic acid groups (broad SMARTS) is 1. The third-order valence-corrected chi connectivity index (χ3v) is 3.24. The molecule has 1 atom stereocenters. The van der Waals surface area contributed by atoms with E-state index in [0.717, 1.165) is 6.07 Å². The first-order valence-electron chi connectivity index (χ1n) is 5.56. The van der Waals surface area contributed by atoms with Crippen molar-refractivity contribution in [3.63, 3.8) is 0 Å². The van der Waals surface area contributed by atoms with Crippen molar-refractivity contribution >= 4 is 27.8 Å². The first-order chi connectivity index (χ1) is 8.99. The van der Waals surface area contributed by atoms with Gasteiger partial charge in [0.1, 0.15) is 5.82 Å². The summed E-state index contributed by atoms with van der Waals surface area (Å²) < 4.78 is 18.7. The van der Waals surface area contributed by atoms with E-state index in [1.54, 1.807) is 0 Å². The predicted molar refractivity (Wildman–Crippen MR) is 67.4 cm³/mol. The molecule has 1 aromatic rings. The molecule has 0 spiro atoms. The Kier molecular flexibility index (Phi) is 4.16. The fraction of sp³-hybridized carbons (Fsp3) is 0.333. The Labute approximate surface area is 117 Å². The lowest BCUT2D eigenvalue weighted by Crippen LogP contribution is -2.52. The van der Waals surface area contributed by atoms with Crippen LogP contribution in [0.1, 0.15) is 10.4 Å². The van der Waals surface area contributed by atoms with E-state index in [4.69, 9.17) is 9.84 Å². The normalized spacial score (nSPS) is 19.3. The lowest BCUT2D eigenvalue weighted by atomic mass is 10.1. The number of ether oxygens (including phenoxy) is 1. The zero-order valence-corrected chi connectivity index (χ0v) is 11.4. The molecular formula is C12H11BrFNO4. The molecule has 1 aromatic carbocycles. The fourth-order valence-electron chi connectivity index (χ4n) is 1.89. The van der Waals surface area contributed by atoms with E-state index in [1.165, 1.54) is 17.0 Å². The van der Waals surface area contributed by atoms with Gasteiger partial charge >= 0.3 is 5.97 Å². The molecule has 1 N–H and O–H groups in total. The van der Waals surface area contributed by atoms with Gasteiger partial charge in [0.2, 0.25) is 0 Å². The van der Waals surface area contributed by atoms with Crippen LogP contribution in [0.3, 0.4) is 0 Å². The highest BCUT2D eigenvalue weighted by Crippen LogP contribution is 2.18. The number of benzene rings is 1. The first-order valence-corrected chi connectivity index (χ1v) is 6.36. The minimum Gasteiger partial charge on any atom is -0.480 e. The summed E-state index contributed by atoms with van der Waals surface area (Å²) >= 11 is 3.10. The van der Waals surface area contributed by atoms with Crippen LogP contribution in [0.25, 0.3) is 0 Å². The number of halogens is 2. The van der Waals surface area contributed by atoms with Crippen LogP contribution < -0.4 is 0 Å². The van der Waals surface area contributed by atoms with E-state index < -0.39 is 23.7 Å². The van der Waals surface area contributed by atoms with Gasteiger partial charge in [-0.2, -0.15) is 0 Å². The van der Waals surface area contributed by atoms with Gasteiger partial charge in [-0.15, -0.1) is 0 Å². The van der Waals surface area contributed by atoms with Crippen molar-refractivity contribution in [3.8, 4) is 0 Å². The van der Waals surface area contributed by atoms with Gasteiger partial charge in [0, 0.05) is 16.6 Å². The summed E-state index contributed by atoms with van der Waals surface area (Å²) in [4.78, 5) is 24.5. The maximum absolute atomic E-state index is 13.3. The van der Waals surface area contributed by atoms with Crippen molar-refractivity contribution in [2.45, 2.75) is 6.04 Å². The fourth-order valence-corrected chi connectivity index (χ4v) is 2.36. The molecule has 0 aliphatic carbocycles. The number of carboxylic acids is 1. The SMILES string of the molecule is O=C(O)[C@@H]1COCCN1C(=O)c1cc(F)cc(Br)c1. The van der Waals surface area contributed by atoms with Gasteiger partial charge in [-0.3, -0.25) is 4.79 Å². The molecule has 0 aromatic heterocycles. The largest absolute Gasteiger partial charge is 0.480 e. The van der Waals surface area contributed by atoms with E-state index in [2.05, 4.69) is 15.9 Å². The van der Waals surface area contributed by atoms with Crippen LogP contribution in [0.4, 0.5) is 4.39 Å². The molecule has 1 aliphatic heterocycles. The molecule has 5 nitrogen and oxygen atoms in total. The Morgan fingerprint density at radius 1 is 1.42 bits per heavy atom. The number of rotatable bonds is 2. The molecule has 0 saturated carbocycles. The lowest BCUT2D eigenvalue weighted by Gasteiger charge is -2.32. The summed E-state index contributed by atoms with van der Waals surface area (Å²) in [7, 11) is 0. The van der Waals surface area contributed by atoms with Crippen LogP contribution in [-0.4, -0.2) is 47.7 Å². The second-order valence-corrected chi connectivity index (χ2v) is 5.00. The van der Waals surface area contributed by atoms with E-state index in [-0.39, 0.29) is 25.3 Å². The maximum atomic E-state index is 13.3. The Balaban J connectivity index is 2.28. The van der Waals surface area contributed by atoms with Crippen molar-refractivity contribution < 1.29 is 23.8 Å². The molecule has 1 aliphatic rings. The topological polar surface area (TPSA) is 66.8 Å². The number of carbonyl (C=O) groups is 2. The molecule has 0 unspecified atom stereocenters. The number of carbonyl (C=O) groups excluding carboxylic acids is 1. The quantitative estimate of drug-likeness (QED) is 0.892. The van der Waals surface area contributed by atoms with Crippen molar-refractivity contribution in [1.29, 1.82) is 0 Å². The highest BCUT2D eigenvalue weighted by molar-refractivity contribution is 9.10. The van der Waals surface area contributed by atoms with E-state index in [9.17, 15) is 14.0 Å². The van der Waals surface area contributed by atoms with Crippen LogP contribution in [0.5, 0.6) is 0 Å². The smallest absolute Gasteiger partial charge is 0.328 e. The van der Waals surface area contributed by atoms with Crippen molar-refractivity contribution in [1.82, 2.24) is 4.90 Å². The van der Waals surface area contributed by atoms with Crippen LogP contribution in [0.15, 0.2) is 22.7 Å². The van der Waals surface area contributed by atoms with E-state index in [0.29, 0.717) is 4.47 Å². The number of hydrogen-bond donors (Lipinski definition) is 1. The number of amides is 1. The Morgan fingerprint density at radius 3 is 2.79 bits per heavy atom. The molecule has 1 amide bonds. The van der Waals surface area contributed by atoms with E-state index in [1.807, 2.05) is 0 Å². The third kappa shape index (κ3) is 3.10. The lowest BCUT2D eigenvalue weighted by molar-refractivity contribution is -0.147. The van der Waals surface area contributed by atoms with Crippen LogP contribution in [0, 0.1) is 5.82 Å². The Morgan fingerprint density at radius 2 is 2.16 bits per heavy atom. The molecule has 19 heavy (non-hydrogen) atoms. The minimum atomic E-state index is -1.14. The maximum Gasteiger partial charge on any atom is 0.328 e. The van der Waals surface area contributed by atoms with Gasteiger partial charge in [-0.1, -0.05) is 15.9 Å². The molecule has 102 valence electrons. The molecule has 0 bridgehead atoms. The molecule has 1 saturated heterocycles. The molecule has 1 fully saturated rings. The Bertz CT molecular complexity index is 502. The van der Waals surface area contributed by atoms with Gasteiger partial charge < -0.3 is 14.7 Å². The zero-order valence-electron chi connectivity index (χ0n) is 9.81. The van der Waals surface area contributed by atoms with Gasteiger partial charge in [0.05, 0.1) is 13.2 Å². The standard InChI is InChI=1S/C12H11BrFNO4/c13-8-3-7(4-9(14)5-8)11(16)15-1-2-19-6-10(15)12(17)18/h3-5,10H,1-2,6H2,(H,17,18)/t10-/m0/s1. The average Bonchev–Trinajstić information content (AvgIpc) is 2.36. The summed E-state index contributed by atoms with van der Waals surface area (Å²) in [6.07, 6.45) is 0. The minimum absolute atomic E-state index is 0.0580. The number of morpholine rings is 1. The highest BCUT2D eigenvalue weighted by Gasteiger charge is 2.33. The van der Waals surface area contributed by atoms with Gasteiger partial charge in [0.25, 0.3) is 5.91 Å². The molecular weight excluding hydrogens is 321 g/mol.